The van der Waals surface area contributed by atoms with Gasteiger partial charge in [0.05, 0.1) is 12.1 Å². The largest absolute Gasteiger partial charge is 0.338 e. The van der Waals surface area contributed by atoms with Gasteiger partial charge in [-0.15, -0.1) is 11.3 Å². The first kappa shape index (κ1) is 14.2. The minimum atomic E-state index is -0.152. The van der Waals surface area contributed by atoms with Crippen molar-refractivity contribution in [1.82, 2.24) is 14.9 Å². The molecule has 0 spiro atoms. The number of thiophene rings is 1. The Morgan fingerprint density at radius 2 is 2.38 bits per heavy atom. The maximum atomic E-state index is 12.1. The van der Waals surface area contributed by atoms with Gasteiger partial charge in [0.15, 0.2) is 0 Å². The highest BCUT2D eigenvalue weighted by atomic mass is 32.1. The van der Waals surface area contributed by atoms with Crippen LogP contribution in [0, 0.1) is 5.92 Å². The quantitative estimate of drug-likeness (QED) is 0.864. The number of hydrogen-bond donors (Lipinski definition) is 2. The van der Waals surface area contributed by atoms with Gasteiger partial charge >= 0.3 is 0 Å². The van der Waals surface area contributed by atoms with Gasteiger partial charge in [-0.3, -0.25) is 9.59 Å². The van der Waals surface area contributed by atoms with Gasteiger partial charge in [0, 0.05) is 19.5 Å². The van der Waals surface area contributed by atoms with Gasteiger partial charge in [0.25, 0.3) is 5.56 Å². The molecule has 1 saturated carbocycles. The first-order chi connectivity index (χ1) is 10.0. The maximum absolute atomic E-state index is 12.1. The van der Waals surface area contributed by atoms with E-state index in [0.717, 1.165) is 12.8 Å². The minimum absolute atomic E-state index is 0.0116. The molecule has 0 radical (unpaired) electrons. The van der Waals surface area contributed by atoms with Crippen molar-refractivity contribution < 1.29 is 4.79 Å². The first-order valence-electron chi connectivity index (χ1n) is 7.00. The van der Waals surface area contributed by atoms with E-state index >= 15 is 0 Å². The van der Waals surface area contributed by atoms with Gasteiger partial charge in [-0.2, -0.15) is 0 Å². The molecular formula is C14H18N4O2S. The molecule has 1 aliphatic rings. The predicted octanol–water partition coefficient (Wildman–Crippen LogP) is 1.07. The number of aromatic nitrogens is 2. The molecule has 2 aromatic rings. The zero-order chi connectivity index (χ0) is 15.0. The molecule has 0 bridgehead atoms. The number of fused-ring (bicyclic) bond motifs is 1. The lowest BCUT2D eigenvalue weighted by Gasteiger charge is -2.19. The molecule has 1 unspecified atom stereocenters. The number of nitrogens with zero attached hydrogens (tertiary/aromatic N) is 2. The molecule has 1 atom stereocenters. The smallest absolute Gasteiger partial charge is 0.268 e. The van der Waals surface area contributed by atoms with Crippen LogP contribution in [-0.4, -0.2) is 33.9 Å². The Morgan fingerprint density at radius 3 is 3.10 bits per heavy atom. The summed E-state index contributed by atoms with van der Waals surface area (Å²) in [6.07, 6.45) is 2.61. The van der Waals surface area contributed by atoms with Gasteiger partial charge in [-0.1, -0.05) is 0 Å². The van der Waals surface area contributed by atoms with Crippen LogP contribution in [0.2, 0.25) is 0 Å². The lowest BCUT2D eigenvalue weighted by Crippen LogP contribution is -2.34. The number of carbonyl (C=O) groups excluding carboxylic acids is 1. The Bertz CT molecular complexity index is 719. The van der Waals surface area contributed by atoms with Crippen molar-refractivity contribution >= 4 is 27.5 Å². The van der Waals surface area contributed by atoms with Crippen molar-refractivity contribution in [3.05, 3.63) is 27.6 Å². The van der Waals surface area contributed by atoms with Crippen LogP contribution in [0.4, 0.5) is 0 Å². The van der Waals surface area contributed by atoms with Crippen molar-refractivity contribution in [2.24, 2.45) is 11.7 Å². The van der Waals surface area contributed by atoms with Gasteiger partial charge in [0.2, 0.25) is 5.91 Å². The summed E-state index contributed by atoms with van der Waals surface area (Å²) < 4.78 is 0.614. The fraction of sp³-hybridized carbons (Fsp3) is 0.500. The van der Waals surface area contributed by atoms with Gasteiger partial charge < -0.3 is 15.6 Å². The molecule has 0 aliphatic heterocycles. The minimum Gasteiger partial charge on any atom is -0.338 e. The number of nitrogens with one attached hydrogen (secondary N) is 1. The number of carbonyl (C=O) groups is 1. The van der Waals surface area contributed by atoms with Crippen molar-refractivity contribution in [1.29, 1.82) is 0 Å². The van der Waals surface area contributed by atoms with Crippen molar-refractivity contribution in [2.75, 3.05) is 7.05 Å². The lowest BCUT2D eigenvalue weighted by atomic mass is 10.1. The molecule has 2 aromatic heterocycles. The van der Waals surface area contributed by atoms with E-state index in [-0.39, 0.29) is 24.1 Å². The Hall–Kier alpha value is -1.73. The molecule has 21 heavy (non-hydrogen) atoms. The molecule has 7 heteroatoms. The number of amides is 1. The normalized spacial score (nSPS) is 16.1. The van der Waals surface area contributed by atoms with E-state index < -0.39 is 0 Å². The van der Waals surface area contributed by atoms with Crippen LogP contribution in [-0.2, 0) is 11.3 Å². The highest BCUT2D eigenvalue weighted by Gasteiger charge is 2.30. The zero-order valence-electron chi connectivity index (χ0n) is 11.8. The Morgan fingerprint density at radius 1 is 1.62 bits per heavy atom. The Kier molecular flexibility index (Phi) is 3.77. The van der Waals surface area contributed by atoms with Gasteiger partial charge in [0.1, 0.15) is 10.5 Å². The Labute approximate surface area is 126 Å². The van der Waals surface area contributed by atoms with Crippen LogP contribution in [0.25, 0.3) is 10.2 Å². The average Bonchev–Trinajstić information content (AvgIpc) is 3.17. The fourth-order valence-electron chi connectivity index (χ4n) is 2.36. The molecule has 3 N–H and O–H groups in total. The molecule has 2 heterocycles. The van der Waals surface area contributed by atoms with E-state index in [1.165, 1.54) is 11.3 Å². The number of H-pyrrole nitrogens is 1. The van der Waals surface area contributed by atoms with Crippen molar-refractivity contribution in [3.63, 3.8) is 0 Å². The maximum Gasteiger partial charge on any atom is 0.268 e. The summed E-state index contributed by atoms with van der Waals surface area (Å²) in [5, 5.41) is 1.83. The monoisotopic (exact) mass is 306 g/mol. The highest BCUT2D eigenvalue weighted by molar-refractivity contribution is 7.17. The fourth-order valence-corrected chi connectivity index (χ4v) is 3.08. The summed E-state index contributed by atoms with van der Waals surface area (Å²) in [6, 6.07) is 1.76. The molecule has 0 aromatic carbocycles. The molecule has 1 amide bonds. The third-order valence-electron chi connectivity index (χ3n) is 3.81. The third-order valence-corrected chi connectivity index (χ3v) is 4.72. The summed E-state index contributed by atoms with van der Waals surface area (Å²) in [7, 11) is 1.71. The van der Waals surface area contributed by atoms with E-state index in [9.17, 15) is 9.59 Å². The molecule has 3 rings (SSSR count). The molecule has 0 saturated heterocycles. The highest BCUT2D eigenvalue weighted by Crippen LogP contribution is 2.32. The van der Waals surface area contributed by atoms with Crippen molar-refractivity contribution in [2.45, 2.75) is 31.8 Å². The van der Waals surface area contributed by atoms with E-state index in [1.54, 1.807) is 11.9 Å². The predicted molar refractivity (Wildman–Crippen MR) is 82.0 cm³/mol. The molecule has 6 nitrogen and oxygen atoms in total. The second-order valence-electron chi connectivity index (χ2n) is 5.60. The van der Waals surface area contributed by atoms with Crippen LogP contribution in [0.5, 0.6) is 0 Å². The van der Waals surface area contributed by atoms with Crippen LogP contribution in [0.15, 0.2) is 16.2 Å². The molecular weight excluding hydrogens is 288 g/mol. The van der Waals surface area contributed by atoms with E-state index in [2.05, 4.69) is 9.97 Å². The van der Waals surface area contributed by atoms with Crippen LogP contribution < -0.4 is 11.3 Å². The molecule has 112 valence electrons. The standard InChI is InChI=1S/C14H18N4O2S/c1-18(12(19)6-9(15)8-2-3-8)7-11-16-10-4-5-21-13(10)14(20)17-11/h4-5,8-9H,2-3,6-7,15H2,1H3,(H,16,17,20). The second kappa shape index (κ2) is 5.57. The Balaban J connectivity index is 1.68. The van der Waals surface area contributed by atoms with Crippen LogP contribution in [0.3, 0.4) is 0 Å². The molecule has 1 aliphatic carbocycles. The molecule has 1 fully saturated rings. The number of nitrogens with two attached hydrogens (primary N) is 1. The third kappa shape index (κ3) is 3.14. The summed E-state index contributed by atoms with van der Waals surface area (Å²) >= 11 is 1.36. The van der Waals surface area contributed by atoms with Crippen LogP contribution >= 0.6 is 11.3 Å². The van der Waals surface area contributed by atoms with E-state index in [4.69, 9.17) is 5.73 Å². The average molecular weight is 306 g/mol. The summed E-state index contributed by atoms with van der Waals surface area (Å²) in [4.78, 5) is 32.7. The van der Waals surface area contributed by atoms with E-state index in [1.807, 2.05) is 11.4 Å². The number of aromatic amines is 1. The summed E-state index contributed by atoms with van der Waals surface area (Å²) in [6.45, 7) is 0.289. The summed E-state index contributed by atoms with van der Waals surface area (Å²) in [5.41, 5.74) is 6.50. The second-order valence-corrected chi connectivity index (χ2v) is 6.52. The SMILES string of the molecule is CN(Cc1nc2ccsc2c(=O)[nH]1)C(=O)CC(N)C1CC1. The topological polar surface area (TPSA) is 92.1 Å². The zero-order valence-corrected chi connectivity index (χ0v) is 12.7. The van der Waals surface area contributed by atoms with Crippen molar-refractivity contribution in [3.8, 4) is 0 Å². The van der Waals surface area contributed by atoms with Gasteiger partial charge in [-0.25, -0.2) is 4.98 Å². The van der Waals surface area contributed by atoms with Crippen LogP contribution in [0.1, 0.15) is 25.1 Å². The van der Waals surface area contributed by atoms with E-state index in [0.29, 0.717) is 28.4 Å². The van der Waals surface area contributed by atoms with Gasteiger partial charge in [-0.05, 0) is 30.2 Å². The first-order valence-corrected chi connectivity index (χ1v) is 7.88. The summed E-state index contributed by atoms with van der Waals surface area (Å²) in [5.74, 6) is 0.992. The number of rotatable bonds is 5. The number of hydrogen-bond acceptors (Lipinski definition) is 5. The lowest BCUT2D eigenvalue weighted by molar-refractivity contribution is -0.131.